The van der Waals surface area contributed by atoms with E-state index in [1.807, 2.05) is 0 Å². The van der Waals surface area contributed by atoms with E-state index < -0.39 is 11.7 Å². The van der Waals surface area contributed by atoms with E-state index in [9.17, 15) is 9.59 Å². The van der Waals surface area contributed by atoms with Crippen molar-refractivity contribution in [3.05, 3.63) is 12.7 Å². The second-order valence-corrected chi connectivity index (χ2v) is 1.40. The van der Waals surface area contributed by atoms with Gasteiger partial charge in [-0.05, 0) is 0 Å². The Morgan fingerprint density at radius 2 is 2.30 bits per heavy atom. The molecule has 0 aromatic heterocycles. The molecule has 5 heteroatoms. The quantitative estimate of drug-likeness (QED) is 0.462. The molecule has 0 fully saturated rings. The van der Waals surface area contributed by atoms with Crippen LogP contribution in [0, 0.1) is 0 Å². The predicted octanol–water partition coefficient (Wildman–Crippen LogP) is 0.691. The first-order valence-corrected chi connectivity index (χ1v) is 2.52. The molecule has 0 aliphatic rings. The molecule has 0 heterocycles. The highest BCUT2D eigenvalue weighted by atomic mass is 16.5. The van der Waals surface area contributed by atoms with E-state index in [1.54, 1.807) is 0 Å². The van der Waals surface area contributed by atoms with Gasteiger partial charge >= 0.3 is 7.28 Å². The third-order valence-corrected chi connectivity index (χ3v) is 0.585. The Morgan fingerprint density at radius 3 is 2.70 bits per heavy atom. The van der Waals surface area contributed by atoms with Gasteiger partial charge in [0.25, 0.3) is 11.7 Å². The molecule has 0 rings (SSSR count). The Hall–Kier alpha value is -1.26. The molecule has 4 nitrogen and oxygen atoms in total. The summed E-state index contributed by atoms with van der Waals surface area (Å²) in [6, 6.07) is 0. The van der Waals surface area contributed by atoms with E-state index in [-0.39, 0.29) is 6.61 Å². The SMILES string of the molecule is C=CCOC(=O)[B]C(=O)O. The van der Waals surface area contributed by atoms with Crippen LogP contribution >= 0.6 is 0 Å². The van der Waals surface area contributed by atoms with Crippen LogP contribution in [0.1, 0.15) is 0 Å². The predicted molar refractivity (Wildman–Crippen MR) is 35.3 cm³/mol. The fourth-order valence-electron chi connectivity index (χ4n) is 0.284. The summed E-state index contributed by atoms with van der Waals surface area (Å²) in [5.41, 5.74) is 0. The van der Waals surface area contributed by atoms with Crippen molar-refractivity contribution in [3.63, 3.8) is 0 Å². The van der Waals surface area contributed by atoms with Gasteiger partial charge in [0.05, 0.1) is 0 Å². The monoisotopic (exact) mass is 141 g/mol. The second-order valence-electron chi connectivity index (χ2n) is 1.40. The topological polar surface area (TPSA) is 63.6 Å². The van der Waals surface area contributed by atoms with Crippen LogP contribution in [-0.4, -0.2) is 30.7 Å². The van der Waals surface area contributed by atoms with Gasteiger partial charge in [-0.1, -0.05) is 12.7 Å². The van der Waals surface area contributed by atoms with Gasteiger partial charge in [-0.25, -0.2) is 0 Å². The van der Waals surface area contributed by atoms with Crippen LogP contribution in [0.3, 0.4) is 0 Å². The zero-order valence-electron chi connectivity index (χ0n) is 5.24. The van der Waals surface area contributed by atoms with Crippen LogP contribution < -0.4 is 0 Å². The molecule has 0 amide bonds. The van der Waals surface area contributed by atoms with Gasteiger partial charge in [0.1, 0.15) is 6.61 Å². The smallest absolute Gasteiger partial charge is 0.405 e. The number of ether oxygens (including phenoxy) is 1. The van der Waals surface area contributed by atoms with E-state index in [0.29, 0.717) is 7.28 Å². The summed E-state index contributed by atoms with van der Waals surface area (Å²) in [4.78, 5) is 20.1. The maximum Gasteiger partial charge on any atom is 0.405 e. The Bertz CT molecular complexity index is 154. The van der Waals surface area contributed by atoms with Crippen LogP contribution in [0.25, 0.3) is 0 Å². The van der Waals surface area contributed by atoms with Crippen LogP contribution in [0.5, 0.6) is 0 Å². The molecule has 0 saturated carbocycles. The van der Waals surface area contributed by atoms with Crippen molar-refractivity contribution in [2.24, 2.45) is 0 Å². The Balaban J connectivity index is 3.43. The fourth-order valence-corrected chi connectivity index (χ4v) is 0.284. The number of hydrogen-bond donors (Lipinski definition) is 1. The molecule has 0 saturated heterocycles. The van der Waals surface area contributed by atoms with Gasteiger partial charge in [-0.2, -0.15) is 0 Å². The maximum atomic E-state index is 10.3. The third kappa shape index (κ3) is 4.89. The van der Waals surface area contributed by atoms with Gasteiger partial charge in [-0.3, -0.25) is 9.59 Å². The highest BCUT2D eigenvalue weighted by Gasteiger charge is 2.11. The second kappa shape index (κ2) is 4.61. The summed E-state index contributed by atoms with van der Waals surface area (Å²) in [5.74, 6) is -2.18. The first-order valence-electron chi connectivity index (χ1n) is 2.52. The van der Waals surface area contributed by atoms with Crippen molar-refractivity contribution in [2.75, 3.05) is 6.61 Å². The standard InChI is InChI=1S/C5H6BO4/c1-2-3-10-5(9)6-4(7)8/h2H,1,3H2,(H,7,8). The van der Waals surface area contributed by atoms with Gasteiger partial charge in [-0.15, -0.1) is 0 Å². The molecular weight excluding hydrogens is 135 g/mol. The van der Waals surface area contributed by atoms with E-state index in [1.165, 1.54) is 6.08 Å². The van der Waals surface area contributed by atoms with Crippen molar-refractivity contribution in [1.29, 1.82) is 0 Å². The Labute approximate surface area is 58.7 Å². The van der Waals surface area contributed by atoms with Crippen molar-refractivity contribution < 1.29 is 19.4 Å². The van der Waals surface area contributed by atoms with Crippen LogP contribution in [0.4, 0.5) is 9.59 Å². The molecule has 0 bridgehead atoms. The van der Waals surface area contributed by atoms with Crippen molar-refractivity contribution >= 4 is 19.0 Å². The third-order valence-electron chi connectivity index (χ3n) is 0.585. The molecule has 1 radical (unpaired) electrons. The summed E-state index contributed by atoms with van der Waals surface area (Å²) in [6.45, 7) is 3.30. The fraction of sp³-hybridized carbons (Fsp3) is 0.200. The molecule has 1 N–H and O–H groups in total. The zero-order chi connectivity index (χ0) is 7.98. The average Bonchev–Trinajstić information content (AvgIpc) is 1.82. The van der Waals surface area contributed by atoms with E-state index in [0.717, 1.165) is 0 Å². The number of rotatable bonds is 4. The number of carbonyl (C=O) groups excluding carboxylic acids is 1. The average molecular weight is 141 g/mol. The molecule has 0 aliphatic heterocycles. The first kappa shape index (κ1) is 8.74. The number of hydrogen-bond acceptors (Lipinski definition) is 3. The summed E-state index contributed by atoms with van der Waals surface area (Å²) >= 11 is 0. The number of carboxylic acid groups (broad SMARTS) is 1. The summed E-state index contributed by atoms with van der Waals surface area (Å²) in [6.07, 6.45) is 1.35. The molecule has 0 atom stereocenters. The Morgan fingerprint density at radius 1 is 1.70 bits per heavy atom. The number of carbonyl (C=O) groups is 2. The minimum absolute atomic E-state index is 0.0304. The highest BCUT2D eigenvalue weighted by molar-refractivity contribution is 6.94. The summed E-state index contributed by atoms with van der Waals surface area (Å²) in [5, 5.41) is 8.00. The first-order chi connectivity index (χ1) is 4.66. The van der Waals surface area contributed by atoms with Gasteiger partial charge < -0.3 is 9.84 Å². The molecule has 0 aromatic carbocycles. The maximum absolute atomic E-state index is 10.3. The molecule has 10 heavy (non-hydrogen) atoms. The lowest BCUT2D eigenvalue weighted by atomic mass is 9.80. The molecule has 0 aromatic rings. The van der Waals surface area contributed by atoms with E-state index in [2.05, 4.69) is 11.3 Å². The van der Waals surface area contributed by atoms with Gasteiger partial charge in [0.2, 0.25) is 0 Å². The Kier molecular flexibility index (Phi) is 4.03. The van der Waals surface area contributed by atoms with Crippen LogP contribution in [-0.2, 0) is 4.74 Å². The molecule has 0 unspecified atom stereocenters. The van der Waals surface area contributed by atoms with Crippen LogP contribution in [0.15, 0.2) is 12.7 Å². The molecular formula is C5H6BO4. The lowest BCUT2D eigenvalue weighted by molar-refractivity contribution is 0.184. The molecule has 0 aliphatic carbocycles. The van der Waals surface area contributed by atoms with Crippen molar-refractivity contribution in [1.82, 2.24) is 0 Å². The summed E-state index contributed by atoms with van der Waals surface area (Å²) < 4.78 is 4.31. The minimum Gasteiger partial charge on any atom is -0.489 e. The highest BCUT2D eigenvalue weighted by Crippen LogP contribution is 1.80. The normalized spacial score (nSPS) is 8.00. The lowest BCUT2D eigenvalue weighted by Crippen LogP contribution is -2.18. The largest absolute Gasteiger partial charge is 0.489 e. The van der Waals surface area contributed by atoms with Crippen molar-refractivity contribution in [2.45, 2.75) is 0 Å². The van der Waals surface area contributed by atoms with Gasteiger partial charge in [0, 0.05) is 0 Å². The lowest BCUT2D eigenvalue weighted by Gasteiger charge is -1.95. The van der Waals surface area contributed by atoms with E-state index in [4.69, 9.17) is 5.11 Å². The zero-order valence-corrected chi connectivity index (χ0v) is 5.24. The van der Waals surface area contributed by atoms with Gasteiger partial charge in [0.15, 0.2) is 0 Å². The minimum atomic E-state index is -1.31. The molecule has 0 spiro atoms. The molecule has 53 valence electrons. The van der Waals surface area contributed by atoms with Crippen molar-refractivity contribution in [3.8, 4) is 0 Å². The summed E-state index contributed by atoms with van der Waals surface area (Å²) in [7, 11) is 0.448. The van der Waals surface area contributed by atoms with Crippen LogP contribution in [0.2, 0.25) is 0 Å². The van der Waals surface area contributed by atoms with E-state index >= 15 is 0 Å².